The average Bonchev–Trinajstić information content (AvgIpc) is 2.46. The summed E-state index contributed by atoms with van der Waals surface area (Å²) in [5.41, 5.74) is 2.38. The second-order valence-corrected chi connectivity index (χ2v) is 3.71. The number of hydrogen-bond acceptors (Lipinski definition) is 3. The number of nitrogens with zero attached hydrogens (tertiary/aromatic N) is 2. The van der Waals surface area contributed by atoms with Crippen LogP contribution in [0, 0.1) is 0 Å². The first kappa shape index (κ1) is 12.0. The summed E-state index contributed by atoms with van der Waals surface area (Å²) in [5, 5.41) is 8.24. The second-order valence-electron chi connectivity index (χ2n) is 3.71. The summed E-state index contributed by atoms with van der Waals surface area (Å²) >= 11 is 0. The molecular weight excluding hydrogens is 224 g/mol. The third-order valence-electron chi connectivity index (χ3n) is 2.47. The van der Waals surface area contributed by atoms with Gasteiger partial charge in [-0.1, -0.05) is 36.9 Å². The molecule has 2 rings (SSSR count). The molecule has 18 heavy (non-hydrogen) atoms. The van der Waals surface area contributed by atoms with Gasteiger partial charge in [-0.3, -0.25) is 0 Å². The third-order valence-corrected chi connectivity index (χ3v) is 2.47. The maximum absolute atomic E-state index is 5.07. The highest BCUT2D eigenvalue weighted by Gasteiger charge is 1.96. The molecule has 0 unspecified atom stereocenters. The Balaban J connectivity index is 2.08. The van der Waals surface area contributed by atoms with Crippen LogP contribution in [-0.2, 0) is 0 Å². The lowest BCUT2D eigenvalue weighted by Crippen LogP contribution is -1.80. The largest absolute Gasteiger partial charge is 0.497 e. The van der Waals surface area contributed by atoms with Gasteiger partial charge >= 0.3 is 0 Å². The SMILES string of the molecule is C=C(N=Nc1ccc(OC)cc1)c1ccccc1. The minimum absolute atomic E-state index is 0.645. The van der Waals surface area contributed by atoms with E-state index < -0.39 is 0 Å². The highest BCUT2D eigenvalue weighted by Crippen LogP contribution is 2.20. The predicted molar refractivity (Wildman–Crippen MR) is 73.0 cm³/mol. The first-order chi connectivity index (χ1) is 8.79. The van der Waals surface area contributed by atoms with Gasteiger partial charge in [0.25, 0.3) is 0 Å². The van der Waals surface area contributed by atoms with Gasteiger partial charge in [0.15, 0.2) is 0 Å². The van der Waals surface area contributed by atoms with Crippen LogP contribution in [0.25, 0.3) is 5.70 Å². The molecule has 0 spiro atoms. The van der Waals surface area contributed by atoms with Crippen LogP contribution < -0.4 is 4.74 Å². The van der Waals surface area contributed by atoms with Gasteiger partial charge in [-0.25, -0.2) is 0 Å². The standard InChI is InChI=1S/C15H14N2O/c1-12(13-6-4-3-5-7-13)16-17-14-8-10-15(18-2)11-9-14/h3-11H,1H2,2H3. The van der Waals surface area contributed by atoms with Crippen molar-refractivity contribution in [3.05, 3.63) is 66.7 Å². The Morgan fingerprint density at radius 2 is 1.67 bits per heavy atom. The maximum Gasteiger partial charge on any atom is 0.119 e. The minimum atomic E-state index is 0.645. The Morgan fingerprint density at radius 3 is 2.28 bits per heavy atom. The van der Waals surface area contributed by atoms with Gasteiger partial charge in [-0.2, -0.15) is 10.2 Å². The monoisotopic (exact) mass is 238 g/mol. The van der Waals surface area contributed by atoms with Crippen LogP contribution in [0.5, 0.6) is 5.75 Å². The molecule has 0 saturated heterocycles. The van der Waals surface area contributed by atoms with E-state index in [0.29, 0.717) is 5.70 Å². The van der Waals surface area contributed by atoms with Gasteiger partial charge in [-0.05, 0) is 24.3 Å². The van der Waals surface area contributed by atoms with E-state index in [1.165, 1.54) is 0 Å². The van der Waals surface area contributed by atoms with Crippen LogP contribution in [-0.4, -0.2) is 7.11 Å². The number of hydrogen-bond donors (Lipinski definition) is 0. The van der Waals surface area contributed by atoms with Gasteiger partial charge in [0.05, 0.1) is 18.5 Å². The van der Waals surface area contributed by atoms with Gasteiger partial charge in [0.1, 0.15) is 5.75 Å². The van der Waals surface area contributed by atoms with Crippen molar-refractivity contribution in [2.45, 2.75) is 0 Å². The van der Waals surface area contributed by atoms with Gasteiger partial charge in [0, 0.05) is 5.56 Å². The predicted octanol–water partition coefficient (Wildman–Crippen LogP) is 4.45. The van der Waals surface area contributed by atoms with Crippen molar-refractivity contribution in [3.8, 4) is 5.75 Å². The van der Waals surface area contributed by atoms with Crippen molar-refractivity contribution in [3.63, 3.8) is 0 Å². The number of benzene rings is 2. The summed E-state index contributed by atoms with van der Waals surface area (Å²) in [4.78, 5) is 0. The molecule has 0 N–H and O–H groups in total. The maximum atomic E-state index is 5.07. The van der Waals surface area contributed by atoms with Crippen molar-refractivity contribution in [2.75, 3.05) is 7.11 Å². The molecule has 0 fully saturated rings. The Kier molecular flexibility index (Phi) is 3.86. The van der Waals surface area contributed by atoms with E-state index in [1.807, 2.05) is 54.6 Å². The molecule has 3 nitrogen and oxygen atoms in total. The van der Waals surface area contributed by atoms with Crippen molar-refractivity contribution >= 4 is 11.4 Å². The first-order valence-corrected chi connectivity index (χ1v) is 5.60. The molecule has 0 saturated carbocycles. The van der Waals surface area contributed by atoms with E-state index in [1.54, 1.807) is 7.11 Å². The van der Waals surface area contributed by atoms with Crippen molar-refractivity contribution < 1.29 is 4.74 Å². The van der Waals surface area contributed by atoms with E-state index in [4.69, 9.17) is 4.74 Å². The zero-order valence-electron chi connectivity index (χ0n) is 10.2. The Bertz CT molecular complexity index is 544. The summed E-state index contributed by atoms with van der Waals surface area (Å²) in [6.07, 6.45) is 0. The van der Waals surface area contributed by atoms with Crippen molar-refractivity contribution in [2.24, 2.45) is 10.2 Å². The summed E-state index contributed by atoms with van der Waals surface area (Å²) in [6.45, 7) is 3.89. The number of azo groups is 1. The molecule has 90 valence electrons. The van der Waals surface area contributed by atoms with Crippen LogP contribution >= 0.6 is 0 Å². The van der Waals surface area contributed by atoms with Crippen LogP contribution in [0.4, 0.5) is 5.69 Å². The van der Waals surface area contributed by atoms with E-state index >= 15 is 0 Å². The molecule has 0 aliphatic heterocycles. The first-order valence-electron chi connectivity index (χ1n) is 5.60. The molecular formula is C15H14N2O. The molecule has 0 bridgehead atoms. The fraction of sp³-hybridized carbons (Fsp3) is 0.0667. The highest BCUT2D eigenvalue weighted by molar-refractivity contribution is 5.61. The van der Waals surface area contributed by atoms with E-state index in [-0.39, 0.29) is 0 Å². The molecule has 0 amide bonds. The Morgan fingerprint density at radius 1 is 1.00 bits per heavy atom. The zero-order chi connectivity index (χ0) is 12.8. The lowest BCUT2D eigenvalue weighted by atomic mass is 10.2. The topological polar surface area (TPSA) is 34.0 Å². The molecule has 0 aromatic heterocycles. The fourth-order valence-electron chi connectivity index (χ4n) is 1.46. The van der Waals surface area contributed by atoms with Crippen LogP contribution in [0.2, 0.25) is 0 Å². The molecule has 2 aromatic carbocycles. The van der Waals surface area contributed by atoms with Crippen LogP contribution in [0.1, 0.15) is 5.56 Å². The van der Waals surface area contributed by atoms with Crippen LogP contribution in [0.15, 0.2) is 71.4 Å². The average molecular weight is 238 g/mol. The molecule has 2 aromatic rings. The summed E-state index contributed by atoms with van der Waals surface area (Å²) in [7, 11) is 1.63. The number of methoxy groups -OCH3 is 1. The Hall–Kier alpha value is -2.42. The quantitative estimate of drug-likeness (QED) is 0.724. The van der Waals surface area contributed by atoms with Gasteiger partial charge in [0.2, 0.25) is 0 Å². The van der Waals surface area contributed by atoms with Crippen LogP contribution in [0.3, 0.4) is 0 Å². The molecule has 0 heterocycles. The normalized spacial score (nSPS) is 10.5. The zero-order valence-corrected chi connectivity index (χ0v) is 10.2. The number of ether oxygens (including phenoxy) is 1. The van der Waals surface area contributed by atoms with E-state index in [0.717, 1.165) is 17.0 Å². The van der Waals surface area contributed by atoms with Crippen molar-refractivity contribution in [1.82, 2.24) is 0 Å². The summed E-state index contributed by atoms with van der Waals surface area (Å²) in [6, 6.07) is 17.1. The summed E-state index contributed by atoms with van der Waals surface area (Å²) < 4.78 is 5.07. The Labute approximate surface area is 106 Å². The molecule has 0 radical (unpaired) electrons. The minimum Gasteiger partial charge on any atom is -0.497 e. The van der Waals surface area contributed by atoms with E-state index in [2.05, 4.69) is 16.8 Å². The third kappa shape index (κ3) is 3.04. The molecule has 0 atom stereocenters. The highest BCUT2D eigenvalue weighted by atomic mass is 16.5. The molecule has 3 heteroatoms. The summed E-state index contributed by atoms with van der Waals surface area (Å²) in [5.74, 6) is 0.802. The van der Waals surface area contributed by atoms with Gasteiger partial charge in [-0.15, -0.1) is 0 Å². The smallest absolute Gasteiger partial charge is 0.119 e. The van der Waals surface area contributed by atoms with E-state index in [9.17, 15) is 0 Å². The lowest BCUT2D eigenvalue weighted by molar-refractivity contribution is 0.415. The second kappa shape index (κ2) is 5.77. The fourth-order valence-corrected chi connectivity index (χ4v) is 1.46. The molecule has 0 aliphatic carbocycles. The lowest BCUT2D eigenvalue weighted by Gasteiger charge is -1.99. The molecule has 0 aliphatic rings. The van der Waals surface area contributed by atoms with Crippen molar-refractivity contribution in [1.29, 1.82) is 0 Å². The number of rotatable bonds is 4. The van der Waals surface area contributed by atoms with Gasteiger partial charge < -0.3 is 4.74 Å².